The van der Waals surface area contributed by atoms with Gasteiger partial charge in [0, 0.05) is 4.83 Å². The topological polar surface area (TPSA) is 9.23 Å². The first kappa shape index (κ1) is 12.2. The summed E-state index contributed by atoms with van der Waals surface area (Å²) < 4.78 is 5.61. The highest BCUT2D eigenvalue weighted by Crippen LogP contribution is 2.22. The van der Waals surface area contributed by atoms with E-state index in [9.17, 15) is 0 Å². The van der Waals surface area contributed by atoms with Crippen molar-refractivity contribution in [3.63, 3.8) is 0 Å². The van der Waals surface area contributed by atoms with Crippen LogP contribution < -0.4 is 4.74 Å². The minimum absolute atomic E-state index is 0.372. The molecule has 17 heavy (non-hydrogen) atoms. The van der Waals surface area contributed by atoms with Crippen molar-refractivity contribution in [2.75, 3.05) is 6.61 Å². The fraction of sp³-hybridized carbons (Fsp3) is 0.200. The van der Waals surface area contributed by atoms with Crippen LogP contribution in [0.2, 0.25) is 0 Å². The van der Waals surface area contributed by atoms with Crippen molar-refractivity contribution in [1.29, 1.82) is 0 Å². The molecule has 2 aromatic carbocycles. The summed E-state index contributed by atoms with van der Waals surface area (Å²) in [5.41, 5.74) is 2.44. The lowest BCUT2D eigenvalue weighted by Gasteiger charge is -2.08. The van der Waals surface area contributed by atoms with Gasteiger partial charge >= 0.3 is 0 Å². The first-order chi connectivity index (χ1) is 8.25. The Morgan fingerprint density at radius 3 is 2.12 bits per heavy atom. The zero-order valence-electron chi connectivity index (χ0n) is 9.77. The van der Waals surface area contributed by atoms with Crippen LogP contribution in [-0.4, -0.2) is 11.4 Å². The predicted molar refractivity (Wildman–Crippen MR) is 75.8 cm³/mol. The zero-order valence-corrected chi connectivity index (χ0v) is 11.4. The van der Waals surface area contributed by atoms with Gasteiger partial charge in [-0.05, 0) is 30.2 Å². The fourth-order valence-electron chi connectivity index (χ4n) is 1.59. The minimum Gasteiger partial charge on any atom is -0.492 e. The molecule has 0 fully saturated rings. The minimum atomic E-state index is 0.372. The molecule has 0 radical (unpaired) electrons. The molecule has 0 amide bonds. The van der Waals surface area contributed by atoms with Crippen molar-refractivity contribution in [3.8, 4) is 16.9 Å². The molecule has 0 bridgehead atoms. The van der Waals surface area contributed by atoms with Crippen LogP contribution in [0.15, 0.2) is 54.6 Å². The third-order valence-electron chi connectivity index (χ3n) is 2.44. The van der Waals surface area contributed by atoms with Gasteiger partial charge in [-0.15, -0.1) is 0 Å². The Balaban J connectivity index is 2.08. The van der Waals surface area contributed by atoms with Gasteiger partial charge in [-0.25, -0.2) is 0 Å². The molecular formula is C15H15BrO. The molecule has 1 unspecified atom stereocenters. The molecule has 2 rings (SSSR count). The second-order valence-corrected chi connectivity index (χ2v) is 5.55. The van der Waals surface area contributed by atoms with Crippen molar-refractivity contribution < 1.29 is 4.74 Å². The normalized spacial score (nSPS) is 12.1. The summed E-state index contributed by atoms with van der Waals surface area (Å²) >= 11 is 3.46. The second kappa shape index (κ2) is 5.87. The Morgan fingerprint density at radius 1 is 0.941 bits per heavy atom. The highest BCUT2D eigenvalue weighted by molar-refractivity contribution is 9.09. The van der Waals surface area contributed by atoms with E-state index in [0.29, 0.717) is 11.4 Å². The van der Waals surface area contributed by atoms with Gasteiger partial charge in [0.1, 0.15) is 12.4 Å². The van der Waals surface area contributed by atoms with E-state index in [1.54, 1.807) is 0 Å². The highest BCUT2D eigenvalue weighted by atomic mass is 79.9. The van der Waals surface area contributed by atoms with E-state index < -0.39 is 0 Å². The first-order valence-corrected chi connectivity index (χ1v) is 6.59. The number of halogens is 1. The molecule has 88 valence electrons. The van der Waals surface area contributed by atoms with E-state index in [2.05, 4.69) is 47.1 Å². The fourth-order valence-corrected chi connectivity index (χ4v) is 1.72. The number of hydrogen-bond acceptors (Lipinski definition) is 1. The highest BCUT2D eigenvalue weighted by Gasteiger charge is 1.99. The number of hydrogen-bond donors (Lipinski definition) is 0. The first-order valence-electron chi connectivity index (χ1n) is 5.68. The molecule has 0 aliphatic rings. The van der Waals surface area contributed by atoms with Gasteiger partial charge in [0.05, 0.1) is 0 Å². The number of alkyl halides is 1. The Morgan fingerprint density at radius 2 is 1.53 bits per heavy atom. The molecule has 0 N–H and O–H groups in total. The molecule has 0 aromatic heterocycles. The van der Waals surface area contributed by atoms with E-state index in [1.165, 1.54) is 11.1 Å². The van der Waals surface area contributed by atoms with E-state index in [1.807, 2.05) is 30.3 Å². The molecular weight excluding hydrogens is 276 g/mol. The maximum absolute atomic E-state index is 5.61. The van der Waals surface area contributed by atoms with Gasteiger partial charge in [-0.1, -0.05) is 58.4 Å². The van der Waals surface area contributed by atoms with Crippen molar-refractivity contribution in [3.05, 3.63) is 54.6 Å². The maximum Gasteiger partial charge on any atom is 0.119 e. The molecule has 0 spiro atoms. The Labute approximate surface area is 111 Å². The van der Waals surface area contributed by atoms with Crippen LogP contribution in [0.3, 0.4) is 0 Å². The summed E-state index contributed by atoms with van der Waals surface area (Å²) in [7, 11) is 0. The summed E-state index contributed by atoms with van der Waals surface area (Å²) in [6.07, 6.45) is 0. The average molecular weight is 291 g/mol. The molecule has 0 aliphatic carbocycles. The van der Waals surface area contributed by atoms with Gasteiger partial charge < -0.3 is 4.74 Å². The van der Waals surface area contributed by atoms with Crippen LogP contribution in [0.25, 0.3) is 11.1 Å². The molecule has 1 atom stereocenters. The molecule has 0 saturated heterocycles. The smallest absolute Gasteiger partial charge is 0.119 e. The van der Waals surface area contributed by atoms with Crippen LogP contribution in [-0.2, 0) is 0 Å². The zero-order chi connectivity index (χ0) is 12.1. The Hall–Kier alpha value is -1.28. The summed E-state index contributed by atoms with van der Waals surface area (Å²) in [6, 6.07) is 18.5. The van der Waals surface area contributed by atoms with Crippen LogP contribution >= 0.6 is 15.9 Å². The molecule has 1 nitrogen and oxygen atoms in total. The quantitative estimate of drug-likeness (QED) is 0.753. The third kappa shape index (κ3) is 3.60. The summed E-state index contributed by atoms with van der Waals surface area (Å²) in [4.78, 5) is 0.372. The van der Waals surface area contributed by atoms with E-state index in [-0.39, 0.29) is 0 Å². The van der Waals surface area contributed by atoms with Gasteiger partial charge in [-0.2, -0.15) is 0 Å². The maximum atomic E-state index is 5.61. The van der Waals surface area contributed by atoms with Crippen LogP contribution in [0.4, 0.5) is 0 Å². The SMILES string of the molecule is CC(Br)COc1ccc(-c2ccccc2)cc1. The third-order valence-corrected chi connectivity index (χ3v) is 2.71. The van der Waals surface area contributed by atoms with E-state index in [0.717, 1.165) is 5.75 Å². The van der Waals surface area contributed by atoms with Gasteiger partial charge in [0.2, 0.25) is 0 Å². The lowest BCUT2D eigenvalue weighted by Crippen LogP contribution is -2.06. The van der Waals surface area contributed by atoms with Crippen molar-refractivity contribution >= 4 is 15.9 Å². The molecule has 0 aliphatic heterocycles. The average Bonchev–Trinajstić information content (AvgIpc) is 2.38. The Bertz CT molecular complexity index is 448. The monoisotopic (exact) mass is 290 g/mol. The summed E-state index contributed by atoms with van der Waals surface area (Å²) in [5.74, 6) is 0.913. The van der Waals surface area contributed by atoms with Crippen LogP contribution in [0, 0.1) is 0 Å². The summed E-state index contributed by atoms with van der Waals surface area (Å²) in [5, 5.41) is 0. The Kier molecular flexibility index (Phi) is 4.21. The van der Waals surface area contributed by atoms with Crippen molar-refractivity contribution in [2.24, 2.45) is 0 Å². The van der Waals surface area contributed by atoms with Gasteiger partial charge in [0.15, 0.2) is 0 Å². The van der Waals surface area contributed by atoms with E-state index >= 15 is 0 Å². The van der Waals surface area contributed by atoms with E-state index in [4.69, 9.17) is 4.74 Å². The second-order valence-electron chi connectivity index (χ2n) is 3.98. The van der Waals surface area contributed by atoms with Crippen molar-refractivity contribution in [2.45, 2.75) is 11.8 Å². The van der Waals surface area contributed by atoms with Gasteiger partial charge in [-0.3, -0.25) is 0 Å². The summed E-state index contributed by atoms with van der Waals surface area (Å²) in [6.45, 7) is 2.75. The number of benzene rings is 2. The molecule has 2 heteroatoms. The largest absolute Gasteiger partial charge is 0.492 e. The molecule has 2 aromatic rings. The van der Waals surface area contributed by atoms with Crippen molar-refractivity contribution in [1.82, 2.24) is 0 Å². The lowest BCUT2D eigenvalue weighted by atomic mass is 10.1. The van der Waals surface area contributed by atoms with Crippen LogP contribution in [0.1, 0.15) is 6.92 Å². The lowest BCUT2D eigenvalue weighted by molar-refractivity contribution is 0.324. The number of rotatable bonds is 4. The predicted octanol–water partition coefficient (Wildman–Crippen LogP) is 4.52. The molecule has 0 saturated carbocycles. The standard InChI is InChI=1S/C15H15BrO/c1-12(16)11-17-15-9-7-14(8-10-15)13-5-3-2-4-6-13/h2-10,12H,11H2,1H3. The van der Waals surface area contributed by atoms with Crippen LogP contribution in [0.5, 0.6) is 5.75 Å². The number of ether oxygens (including phenoxy) is 1. The molecule has 0 heterocycles. The van der Waals surface area contributed by atoms with Gasteiger partial charge in [0.25, 0.3) is 0 Å².